The molecule has 0 aliphatic heterocycles. The van der Waals surface area contributed by atoms with Crippen LogP contribution in [0.1, 0.15) is 50.7 Å². The molecule has 0 fully saturated rings. The van der Waals surface area contributed by atoms with Crippen LogP contribution >= 0.6 is 0 Å². The maximum absolute atomic E-state index is 5.16. The highest BCUT2D eigenvalue weighted by Crippen LogP contribution is 2.34. The minimum absolute atomic E-state index is 0.434. The van der Waals surface area contributed by atoms with E-state index in [0.717, 1.165) is 5.69 Å². The third kappa shape index (κ3) is 2.55. The fourth-order valence-corrected chi connectivity index (χ4v) is 1.68. The summed E-state index contributed by atoms with van der Waals surface area (Å²) in [5.74, 6) is 6.03. The minimum atomic E-state index is 0.434. The van der Waals surface area contributed by atoms with Gasteiger partial charge in [-0.05, 0) is 23.0 Å². The fourth-order valence-electron chi connectivity index (χ4n) is 1.68. The summed E-state index contributed by atoms with van der Waals surface area (Å²) in [6.07, 6.45) is 0. The van der Waals surface area contributed by atoms with Crippen LogP contribution in [0.4, 0.5) is 5.69 Å². The summed E-state index contributed by atoms with van der Waals surface area (Å²) < 4.78 is 0. The summed E-state index contributed by atoms with van der Waals surface area (Å²) in [4.78, 5) is 0. The Morgan fingerprint density at radius 3 is 1.80 bits per heavy atom. The molecule has 82 valence electrons. The van der Waals surface area contributed by atoms with Crippen molar-refractivity contribution in [1.82, 2.24) is 0 Å². The lowest BCUT2D eigenvalue weighted by atomic mass is 9.93. The minimum Gasteiger partial charge on any atom is -0.305 e. The van der Waals surface area contributed by atoms with Crippen molar-refractivity contribution < 1.29 is 0 Å². The highest BCUT2D eigenvalue weighted by atomic mass is 15.3. The molecule has 0 bridgehead atoms. The number of benzene rings is 1. The first kappa shape index (κ1) is 11.7. The van der Waals surface area contributed by atoms with Gasteiger partial charge in [-0.3, -0.25) is 0 Å². The largest absolute Gasteiger partial charge is 0.305 e. The molecular formula is C12H19N3. The molecule has 0 heterocycles. The average molecular weight is 205 g/mol. The summed E-state index contributed by atoms with van der Waals surface area (Å²) in [5, 5.41) is 7.47. The van der Waals surface area contributed by atoms with Crippen LogP contribution in [0.2, 0.25) is 0 Å². The van der Waals surface area contributed by atoms with E-state index < -0.39 is 0 Å². The van der Waals surface area contributed by atoms with Crippen molar-refractivity contribution in [3.63, 3.8) is 0 Å². The van der Waals surface area contributed by atoms with E-state index in [0.29, 0.717) is 11.8 Å². The van der Waals surface area contributed by atoms with Crippen LogP contribution in [0.5, 0.6) is 0 Å². The van der Waals surface area contributed by atoms with Crippen LogP contribution in [0.25, 0.3) is 0 Å². The standard InChI is InChI=1S/C12H19N3/c1-8(2)10-6-5-7-11(9(3)4)12(10)14-15-13/h5-9H,1-4H3,(H2,13,14). The molecule has 1 aromatic rings. The first-order chi connectivity index (χ1) is 7.07. The van der Waals surface area contributed by atoms with Gasteiger partial charge in [-0.25, -0.2) is 0 Å². The fraction of sp³-hybridized carbons (Fsp3) is 0.500. The van der Waals surface area contributed by atoms with E-state index >= 15 is 0 Å². The molecule has 0 aromatic heterocycles. The number of nitrogens with zero attached hydrogens (tertiary/aromatic N) is 2. The lowest BCUT2D eigenvalue weighted by molar-refractivity contribution is 0.826. The summed E-state index contributed by atoms with van der Waals surface area (Å²) in [6, 6.07) is 6.24. The second kappa shape index (κ2) is 4.91. The van der Waals surface area contributed by atoms with Crippen molar-refractivity contribution in [2.45, 2.75) is 39.5 Å². The molecule has 15 heavy (non-hydrogen) atoms. The number of nitrogens with two attached hydrogens (primary N) is 1. The Bertz CT molecular complexity index is 328. The number of hydrogen-bond donors (Lipinski definition) is 1. The van der Waals surface area contributed by atoms with Crippen molar-refractivity contribution in [1.29, 1.82) is 0 Å². The molecule has 0 aliphatic rings. The molecular weight excluding hydrogens is 186 g/mol. The first-order valence-electron chi connectivity index (χ1n) is 5.31. The zero-order valence-electron chi connectivity index (χ0n) is 9.86. The highest BCUT2D eigenvalue weighted by molar-refractivity contribution is 5.55. The summed E-state index contributed by atoms with van der Waals surface area (Å²) in [7, 11) is 0. The van der Waals surface area contributed by atoms with E-state index in [9.17, 15) is 0 Å². The molecule has 0 aliphatic carbocycles. The molecule has 3 heteroatoms. The van der Waals surface area contributed by atoms with Crippen molar-refractivity contribution in [2.24, 2.45) is 16.2 Å². The Morgan fingerprint density at radius 1 is 1.00 bits per heavy atom. The van der Waals surface area contributed by atoms with Crippen molar-refractivity contribution >= 4 is 5.69 Å². The Hall–Kier alpha value is -1.38. The van der Waals surface area contributed by atoms with Crippen molar-refractivity contribution in [3.8, 4) is 0 Å². The van der Waals surface area contributed by atoms with Gasteiger partial charge >= 0.3 is 0 Å². The third-order valence-corrected chi connectivity index (χ3v) is 2.50. The molecule has 0 saturated carbocycles. The summed E-state index contributed by atoms with van der Waals surface area (Å²) in [5.41, 5.74) is 3.34. The molecule has 1 rings (SSSR count). The van der Waals surface area contributed by atoms with Crippen molar-refractivity contribution in [3.05, 3.63) is 29.3 Å². The molecule has 2 N–H and O–H groups in total. The molecule has 0 spiro atoms. The summed E-state index contributed by atoms with van der Waals surface area (Å²) in [6.45, 7) is 8.59. The monoisotopic (exact) mass is 205 g/mol. The van der Waals surface area contributed by atoms with E-state index in [4.69, 9.17) is 5.84 Å². The first-order valence-corrected chi connectivity index (χ1v) is 5.31. The van der Waals surface area contributed by atoms with Gasteiger partial charge < -0.3 is 5.84 Å². The van der Waals surface area contributed by atoms with Gasteiger partial charge in [0.05, 0.1) is 5.69 Å². The van der Waals surface area contributed by atoms with Gasteiger partial charge in [0.15, 0.2) is 0 Å². The SMILES string of the molecule is CC(C)c1cccc(C(C)C)c1N=NN. The zero-order valence-corrected chi connectivity index (χ0v) is 9.86. The molecule has 0 unspecified atom stereocenters. The van der Waals surface area contributed by atoms with Crippen LogP contribution in [0.3, 0.4) is 0 Å². The Labute approximate surface area is 91.4 Å². The second-order valence-corrected chi connectivity index (χ2v) is 4.31. The van der Waals surface area contributed by atoms with Crippen LogP contribution in [0.15, 0.2) is 28.5 Å². The average Bonchev–Trinajstić information content (AvgIpc) is 2.17. The van der Waals surface area contributed by atoms with Gasteiger partial charge in [0, 0.05) is 0 Å². The number of hydrogen-bond acceptors (Lipinski definition) is 2. The lowest BCUT2D eigenvalue weighted by Gasteiger charge is -2.14. The predicted octanol–water partition coefficient (Wildman–Crippen LogP) is 3.89. The van der Waals surface area contributed by atoms with E-state index in [1.54, 1.807) is 0 Å². The summed E-state index contributed by atoms with van der Waals surface area (Å²) >= 11 is 0. The Balaban J connectivity index is 3.34. The molecule has 3 nitrogen and oxygen atoms in total. The number of rotatable bonds is 3. The molecule has 0 amide bonds. The normalized spacial score (nSPS) is 11.9. The molecule has 0 atom stereocenters. The van der Waals surface area contributed by atoms with Crippen LogP contribution in [0, 0.1) is 0 Å². The predicted molar refractivity (Wildman–Crippen MR) is 63.3 cm³/mol. The van der Waals surface area contributed by atoms with Gasteiger partial charge in [-0.1, -0.05) is 51.1 Å². The topological polar surface area (TPSA) is 50.7 Å². The maximum atomic E-state index is 5.16. The van der Waals surface area contributed by atoms with Gasteiger partial charge in [0.2, 0.25) is 0 Å². The van der Waals surface area contributed by atoms with Gasteiger partial charge in [-0.15, -0.1) is 5.11 Å². The van der Waals surface area contributed by atoms with E-state index in [1.165, 1.54) is 11.1 Å². The van der Waals surface area contributed by atoms with Crippen molar-refractivity contribution in [2.75, 3.05) is 0 Å². The zero-order chi connectivity index (χ0) is 11.4. The van der Waals surface area contributed by atoms with Gasteiger partial charge in [0.25, 0.3) is 0 Å². The molecule has 0 saturated heterocycles. The van der Waals surface area contributed by atoms with Crippen LogP contribution in [-0.4, -0.2) is 0 Å². The second-order valence-electron chi connectivity index (χ2n) is 4.31. The van der Waals surface area contributed by atoms with Gasteiger partial charge in [-0.2, -0.15) is 0 Å². The Morgan fingerprint density at radius 2 is 1.47 bits per heavy atom. The van der Waals surface area contributed by atoms with Gasteiger partial charge in [0.1, 0.15) is 0 Å². The quantitative estimate of drug-likeness (QED) is 0.454. The van der Waals surface area contributed by atoms with E-state index in [2.05, 4.69) is 56.2 Å². The third-order valence-electron chi connectivity index (χ3n) is 2.50. The lowest BCUT2D eigenvalue weighted by Crippen LogP contribution is -1.95. The van der Waals surface area contributed by atoms with E-state index in [1.807, 2.05) is 0 Å². The molecule has 1 aromatic carbocycles. The van der Waals surface area contributed by atoms with Crippen LogP contribution in [-0.2, 0) is 0 Å². The maximum Gasteiger partial charge on any atom is 0.0943 e. The smallest absolute Gasteiger partial charge is 0.0943 e. The van der Waals surface area contributed by atoms with Crippen LogP contribution < -0.4 is 5.84 Å². The Kier molecular flexibility index (Phi) is 3.83. The molecule has 0 radical (unpaired) electrons. The van der Waals surface area contributed by atoms with E-state index in [-0.39, 0.29) is 0 Å². The highest BCUT2D eigenvalue weighted by Gasteiger charge is 2.12.